The lowest BCUT2D eigenvalue weighted by atomic mass is 10.0. The second kappa shape index (κ2) is 7.70. The number of imidazole rings is 1. The number of H-pyrrole nitrogens is 1. The minimum absolute atomic E-state index is 0.0223. The maximum Gasteiger partial charge on any atom is 0.220 e. The Morgan fingerprint density at radius 2 is 1.88 bits per heavy atom. The first-order chi connectivity index (χ1) is 12.0. The third kappa shape index (κ3) is 4.40. The number of aromatic nitrogens is 2. The highest BCUT2D eigenvalue weighted by Gasteiger charge is 2.21. The average Bonchev–Trinajstić information content (AvgIpc) is 3.02. The van der Waals surface area contributed by atoms with Crippen LogP contribution in [-0.4, -0.2) is 15.9 Å². The molecule has 0 radical (unpaired) electrons. The van der Waals surface area contributed by atoms with Gasteiger partial charge in [-0.2, -0.15) is 0 Å². The van der Waals surface area contributed by atoms with Gasteiger partial charge in [0.15, 0.2) is 0 Å². The SMILES string of the molecule is CC(C)[C@H](NC(=O)CCc1ccc(Cl)cc1)c1nc2ccccc2[nH]1. The number of fused-ring (bicyclic) bond motifs is 1. The number of aromatic amines is 1. The molecule has 0 fully saturated rings. The van der Waals surface area contributed by atoms with Crippen molar-refractivity contribution in [1.82, 2.24) is 15.3 Å². The van der Waals surface area contributed by atoms with E-state index in [0.29, 0.717) is 17.9 Å². The monoisotopic (exact) mass is 355 g/mol. The molecule has 3 rings (SSSR count). The molecule has 5 heteroatoms. The molecule has 0 aliphatic carbocycles. The van der Waals surface area contributed by atoms with E-state index in [1.807, 2.05) is 48.5 Å². The zero-order chi connectivity index (χ0) is 17.8. The van der Waals surface area contributed by atoms with Crippen LogP contribution in [0.2, 0.25) is 5.02 Å². The molecule has 2 aromatic carbocycles. The molecule has 0 aliphatic rings. The van der Waals surface area contributed by atoms with Gasteiger partial charge in [-0.3, -0.25) is 4.79 Å². The van der Waals surface area contributed by atoms with Gasteiger partial charge in [-0.15, -0.1) is 0 Å². The molecule has 0 saturated heterocycles. The largest absolute Gasteiger partial charge is 0.346 e. The molecule has 1 heterocycles. The first-order valence-electron chi connectivity index (χ1n) is 8.51. The van der Waals surface area contributed by atoms with Gasteiger partial charge in [0.25, 0.3) is 0 Å². The van der Waals surface area contributed by atoms with Crippen LogP contribution in [0.25, 0.3) is 11.0 Å². The van der Waals surface area contributed by atoms with E-state index in [1.54, 1.807) is 0 Å². The lowest BCUT2D eigenvalue weighted by Gasteiger charge is -2.20. The molecule has 0 unspecified atom stereocenters. The van der Waals surface area contributed by atoms with Gasteiger partial charge in [-0.1, -0.05) is 49.7 Å². The first-order valence-corrected chi connectivity index (χ1v) is 8.89. The summed E-state index contributed by atoms with van der Waals surface area (Å²) in [7, 11) is 0. The summed E-state index contributed by atoms with van der Waals surface area (Å²) < 4.78 is 0. The van der Waals surface area contributed by atoms with Crippen LogP contribution < -0.4 is 5.32 Å². The van der Waals surface area contributed by atoms with Gasteiger partial charge < -0.3 is 10.3 Å². The number of rotatable bonds is 6. The standard InChI is InChI=1S/C20H22ClN3O/c1-13(2)19(20-22-16-5-3-4-6-17(16)23-20)24-18(25)12-9-14-7-10-15(21)11-8-14/h3-8,10-11,13,19H,9,12H2,1-2H3,(H,22,23)(H,24,25)/t19-/m0/s1. The van der Waals surface area contributed by atoms with Gasteiger partial charge in [0.05, 0.1) is 17.1 Å². The maximum atomic E-state index is 12.4. The van der Waals surface area contributed by atoms with Crippen molar-refractivity contribution < 1.29 is 4.79 Å². The molecule has 0 aliphatic heterocycles. The van der Waals surface area contributed by atoms with Crippen molar-refractivity contribution in [1.29, 1.82) is 0 Å². The van der Waals surface area contributed by atoms with Crippen LogP contribution in [0.5, 0.6) is 0 Å². The summed E-state index contributed by atoms with van der Waals surface area (Å²) >= 11 is 5.89. The predicted octanol–water partition coefficient (Wildman–Crippen LogP) is 4.66. The van der Waals surface area contributed by atoms with Crippen molar-refractivity contribution >= 4 is 28.5 Å². The molecule has 0 saturated carbocycles. The average molecular weight is 356 g/mol. The van der Waals surface area contributed by atoms with Gasteiger partial charge in [0.1, 0.15) is 5.82 Å². The summed E-state index contributed by atoms with van der Waals surface area (Å²) in [4.78, 5) is 20.4. The molecule has 2 N–H and O–H groups in total. The molecule has 1 atom stereocenters. The number of amides is 1. The van der Waals surface area contributed by atoms with E-state index in [0.717, 1.165) is 22.4 Å². The third-order valence-electron chi connectivity index (χ3n) is 4.24. The van der Waals surface area contributed by atoms with E-state index >= 15 is 0 Å². The zero-order valence-corrected chi connectivity index (χ0v) is 15.2. The van der Waals surface area contributed by atoms with E-state index in [4.69, 9.17) is 11.6 Å². The minimum atomic E-state index is -0.134. The molecular weight excluding hydrogens is 334 g/mol. The molecule has 0 spiro atoms. The summed E-state index contributed by atoms with van der Waals surface area (Å²) in [5.41, 5.74) is 3.00. The number of nitrogens with zero attached hydrogens (tertiary/aromatic N) is 1. The Balaban J connectivity index is 1.66. The number of hydrogen-bond donors (Lipinski definition) is 2. The number of halogens is 1. The minimum Gasteiger partial charge on any atom is -0.346 e. The van der Waals surface area contributed by atoms with Crippen molar-refractivity contribution in [3.8, 4) is 0 Å². The van der Waals surface area contributed by atoms with E-state index in [2.05, 4.69) is 29.1 Å². The Hall–Kier alpha value is -2.33. The molecule has 1 amide bonds. The second-order valence-corrected chi connectivity index (χ2v) is 6.99. The molecule has 130 valence electrons. The van der Waals surface area contributed by atoms with Gasteiger partial charge in [0.2, 0.25) is 5.91 Å². The van der Waals surface area contributed by atoms with E-state index in [9.17, 15) is 4.79 Å². The summed E-state index contributed by atoms with van der Waals surface area (Å²) in [5, 5.41) is 3.82. The van der Waals surface area contributed by atoms with Crippen molar-refractivity contribution in [2.75, 3.05) is 0 Å². The van der Waals surface area contributed by atoms with E-state index in [1.165, 1.54) is 0 Å². The Bertz CT molecular complexity index is 822. The van der Waals surface area contributed by atoms with Crippen LogP contribution in [0.15, 0.2) is 48.5 Å². The predicted molar refractivity (Wildman–Crippen MR) is 102 cm³/mol. The Labute approximate surface area is 152 Å². The van der Waals surface area contributed by atoms with Gasteiger partial charge in [-0.05, 0) is 42.2 Å². The number of aryl methyl sites for hydroxylation is 1. The van der Waals surface area contributed by atoms with Gasteiger partial charge in [-0.25, -0.2) is 4.98 Å². The fourth-order valence-corrected chi connectivity index (χ4v) is 2.95. The smallest absolute Gasteiger partial charge is 0.220 e. The van der Waals surface area contributed by atoms with E-state index < -0.39 is 0 Å². The van der Waals surface area contributed by atoms with Gasteiger partial charge in [0, 0.05) is 11.4 Å². The Morgan fingerprint density at radius 1 is 1.16 bits per heavy atom. The normalized spacial score (nSPS) is 12.5. The van der Waals surface area contributed by atoms with Crippen molar-refractivity contribution in [2.45, 2.75) is 32.7 Å². The van der Waals surface area contributed by atoms with Gasteiger partial charge >= 0.3 is 0 Å². The van der Waals surface area contributed by atoms with Crippen LogP contribution in [0, 0.1) is 5.92 Å². The summed E-state index contributed by atoms with van der Waals surface area (Å²) in [6.07, 6.45) is 1.12. The van der Waals surface area contributed by atoms with Crippen molar-refractivity contribution in [2.24, 2.45) is 5.92 Å². The van der Waals surface area contributed by atoms with E-state index in [-0.39, 0.29) is 17.9 Å². The summed E-state index contributed by atoms with van der Waals surface area (Å²) in [6.45, 7) is 4.16. The van der Waals surface area contributed by atoms with Crippen molar-refractivity contribution in [3.05, 3.63) is 64.9 Å². The third-order valence-corrected chi connectivity index (χ3v) is 4.49. The summed E-state index contributed by atoms with van der Waals surface area (Å²) in [5.74, 6) is 1.06. The number of carbonyl (C=O) groups is 1. The molecule has 25 heavy (non-hydrogen) atoms. The molecule has 4 nitrogen and oxygen atoms in total. The highest BCUT2D eigenvalue weighted by molar-refractivity contribution is 6.30. The fraction of sp³-hybridized carbons (Fsp3) is 0.300. The summed E-state index contributed by atoms with van der Waals surface area (Å²) in [6, 6.07) is 15.4. The number of para-hydroxylation sites is 2. The molecular formula is C20H22ClN3O. The first kappa shape index (κ1) is 17.5. The van der Waals surface area contributed by atoms with Crippen LogP contribution in [0.4, 0.5) is 0 Å². The quantitative estimate of drug-likeness (QED) is 0.675. The van der Waals surface area contributed by atoms with Crippen LogP contribution >= 0.6 is 11.6 Å². The Morgan fingerprint density at radius 3 is 2.56 bits per heavy atom. The van der Waals surface area contributed by atoms with Crippen LogP contribution in [0.3, 0.4) is 0 Å². The fourth-order valence-electron chi connectivity index (χ4n) is 2.83. The lowest BCUT2D eigenvalue weighted by Crippen LogP contribution is -2.32. The lowest BCUT2D eigenvalue weighted by molar-refractivity contribution is -0.122. The number of benzene rings is 2. The van der Waals surface area contributed by atoms with Crippen LogP contribution in [-0.2, 0) is 11.2 Å². The molecule has 1 aromatic heterocycles. The Kier molecular flexibility index (Phi) is 5.39. The molecule has 0 bridgehead atoms. The topological polar surface area (TPSA) is 57.8 Å². The highest BCUT2D eigenvalue weighted by atomic mass is 35.5. The highest BCUT2D eigenvalue weighted by Crippen LogP contribution is 2.22. The zero-order valence-electron chi connectivity index (χ0n) is 14.4. The molecule has 3 aromatic rings. The number of nitrogens with one attached hydrogen (secondary N) is 2. The van der Waals surface area contributed by atoms with Crippen molar-refractivity contribution in [3.63, 3.8) is 0 Å². The number of carbonyl (C=O) groups excluding carboxylic acids is 1. The van der Waals surface area contributed by atoms with Crippen LogP contribution in [0.1, 0.15) is 37.7 Å². The maximum absolute atomic E-state index is 12.4. The number of hydrogen-bond acceptors (Lipinski definition) is 2. The second-order valence-electron chi connectivity index (χ2n) is 6.55.